The summed E-state index contributed by atoms with van der Waals surface area (Å²) in [4.78, 5) is 14.2. The molecule has 1 amide bonds. The molecule has 0 bridgehead atoms. The monoisotopic (exact) mass is 191 g/mol. The Hall–Kier alpha value is -2.24. The molecule has 2 aromatic heterocycles. The van der Waals surface area contributed by atoms with E-state index in [1.165, 1.54) is 0 Å². The summed E-state index contributed by atoms with van der Waals surface area (Å²) in [6, 6.07) is 3.22. The third-order valence-corrected chi connectivity index (χ3v) is 1.70. The number of hydrogen-bond donors (Lipinski definition) is 4. The Labute approximate surface area is 79.5 Å². The summed E-state index contributed by atoms with van der Waals surface area (Å²) in [7, 11) is 0. The van der Waals surface area contributed by atoms with Gasteiger partial charge in [-0.25, -0.2) is 0 Å². The smallest absolute Gasteiger partial charge is 0.273 e. The third kappa shape index (κ3) is 1.58. The highest BCUT2D eigenvalue weighted by Gasteiger charge is 2.07. The molecule has 0 saturated carbocycles. The predicted octanol–water partition coefficient (Wildman–Crippen LogP) is 0.572. The minimum Gasteiger partial charge on any atom is -0.397 e. The van der Waals surface area contributed by atoms with E-state index in [1.807, 2.05) is 0 Å². The van der Waals surface area contributed by atoms with E-state index in [0.29, 0.717) is 17.2 Å². The van der Waals surface area contributed by atoms with Gasteiger partial charge in [-0.05, 0) is 6.07 Å². The molecule has 72 valence electrons. The lowest BCUT2D eigenvalue weighted by atomic mass is 10.4. The number of carbonyl (C=O) groups excluding carboxylic acids is 1. The fraction of sp³-hybridized carbons (Fsp3) is 0. The summed E-state index contributed by atoms with van der Waals surface area (Å²) < 4.78 is 0. The number of hydrogen-bond acceptors (Lipinski definition) is 3. The lowest BCUT2D eigenvalue weighted by Gasteiger charge is -1.98. The van der Waals surface area contributed by atoms with Crippen molar-refractivity contribution in [2.24, 2.45) is 0 Å². The van der Waals surface area contributed by atoms with Crippen molar-refractivity contribution in [1.29, 1.82) is 0 Å². The maximum Gasteiger partial charge on any atom is 0.273 e. The molecule has 0 spiro atoms. The summed E-state index contributed by atoms with van der Waals surface area (Å²) in [5.74, 6) is 0.286. The van der Waals surface area contributed by atoms with Gasteiger partial charge in [-0.15, -0.1) is 0 Å². The van der Waals surface area contributed by atoms with Crippen LogP contribution in [0.15, 0.2) is 24.5 Å². The average Bonchev–Trinajstić information content (AvgIpc) is 2.75. The van der Waals surface area contributed by atoms with Crippen LogP contribution >= 0.6 is 0 Å². The van der Waals surface area contributed by atoms with Crippen LogP contribution in [0.4, 0.5) is 11.5 Å². The molecule has 0 fully saturated rings. The lowest BCUT2D eigenvalue weighted by Crippen LogP contribution is -2.12. The van der Waals surface area contributed by atoms with E-state index in [9.17, 15) is 4.79 Å². The molecule has 0 radical (unpaired) electrons. The van der Waals surface area contributed by atoms with Gasteiger partial charge in [-0.1, -0.05) is 0 Å². The van der Waals surface area contributed by atoms with E-state index in [0.717, 1.165) is 0 Å². The number of H-pyrrole nitrogens is 2. The molecule has 0 aliphatic heterocycles. The molecular weight excluding hydrogens is 182 g/mol. The third-order valence-electron chi connectivity index (χ3n) is 1.70. The van der Waals surface area contributed by atoms with Crippen LogP contribution in [0.5, 0.6) is 0 Å². The van der Waals surface area contributed by atoms with Crippen molar-refractivity contribution in [1.82, 2.24) is 15.2 Å². The number of carbonyl (C=O) groups is 1. The van der Waals surface area contributed by atoms with E-state index in [4.69, 9.17) is 5.73 Å². The van der Waals surface area contributed by atoms with Crippen LogP contribution in [0.25, 0.3) is 0 Å². The summed E-state index contributed by atoms with van der Waals surface area (Å²) in [5, 5.41) is 8.92. The Balaban J connectivity index is 2.10. The number of nitrogens with one attached hydrogen (secondary N) is 3. The molecule has 0 saturated heterocycles. The van der Waals surface area contributed by atoms with Crippen molar-refractivity contribution in [3.05, 3.63) is 30.2 Å². The van der Waals surface area contributed by atoms with E-state index < -0.39 is 0 Å². The Kier molecular flexibility index (Phi) is 1.94. The van der Waals surface area contributed by atoms with Gasteiger partial charge in [0.2, 0.25) is 0 Å². The molecule has 2 heterocycles. The minimum atomic E-state index is -0.258. The molecule has 0 aliphatic carbocycles. The van der Waals surface area contributed by atoms with Gasteiger partial charge in [0.15, 0.2) is 0 Å². The van der Waals surface area contributed by atoms with Crippen molar-refractivity contribution < 1.29 is 4.79 Å². The van der Waals surface area contributed by atoms with Gasteiger partial charge >= 0.3 is 0 Å². The van der Waals surface area contributed by atoms with E-state index in [2.05, 4.69) is 20.5 Å². The van der Waals surface area contributed by atoms with Gasteiger partial charge in [0.25, 0.3) is 5.91 Å². The number of aromatic amines is 2. The van der Waals surface area contributed by atoms with Crippen molar-refractivity contribution in [2.45, 2.75) is 0 Å². The van der Waals surface area contributed by atoms with Gasteiger partial charge < -0.3 is 16.0 Å². The Morgan fingerprint density at radius 3 is 3.00 bits per heavy atom. The zero-order valence-electron chi connectivity index (χ0n) is 7.24. The Bertz CT molecular complexity index is 430. The highest BCUT2D eigenvalue weighted by molar-refractivity contribution is 6.02. The van der Waals surface area contributed by atoms with Gasteiger partial charge in [0.05, 0.1) is 6.20 Å². The fourth-order valence-corrected chi connectivity index (χ4v) is 1.06. The first-order valence-corrected chi connectivity index (χ1v) is 4.00. The van der Waals surface area contributed by atoms with E-state index in [1.54, 1.807) is 24.5 Å². The number of amides is 1. The van der Waals surface area contributed by atoms with Gasteiger partial charge in [0.1, 0.15) is 11.5 Å². The van der Waals surface area contributed by atoms with Crippen molar-refractivity contribution in [3.63, 3.8) is 0 Å². The van der Waals surface area contributed by atoms with Gasteiger partial charge in [0, 0.05) is 18.0 Å². The molecule has 0 atom stereocenters. The quantitative estimate of drug-likeness (QED) is 0.558. The predicted molar refractivity (Wildman–Crippen MR) is 51.7 cm³/mol. The molecule has 6 nitrogen and oxygen atoms in total. The molecule has 0 unspecified atom stereocenters. The Morgan fingerprint density at radius 1 is 1.57 bits per heavy atom. The molecule has 6 heteroatoms. The second kappa shape index (κ2) is 3.25. The maximum atomic E-state index is 11.5. The standard InChI is InChI=1S/C8H9N5O/c9-5-3-6(10-4-5)8(14)12-7-1-2-11-13-7/h1-4,10H,9H2,(H2,11,12,13,14). The molecule has 0 aliphatic rings. The highest BCUT2D eigenvalue weighted by Crippen LogP contribution is 2.07. The first-order valence-electron chi connectivity index (χ1n) is 4.00. The van der Waals surface area contributed by atoms with Gasteiger partial charge in [-0.2, -0.15) is 5.10 Å². The Morgan fingerprint density at radius 2 is 2.43 bits per heavy atom. The number of nitrogen functional groups attached to an aromatic ring is 1. The zero-order valence-corrected chi connectivity index (χ0v) is 7.24. The average molecular weight is 191 g/mol. The molecule has 2 aromatic rings. The number of nitrogens with two attached hydrogens (primary N) is 1. The van der Waals surface area contributed by atoms with Crippen LogP contribution in [-0.2, 0) is 0 Å². The van der Waals surface area contributed by atoms with Crippen LogP contribution in [-0.4, -0.2) is 21.1 Å². The normalized spacial score (nSPS) is 10.0. The lowest BCUT2D eigenvalue weighted by molar-refractivity contribution is 0.102. The zero-order chi connectivity index (χ0) is 9.97. The summed E-state index contributed by atoms with van der Waals surface area (Å²) in [6.45, 7) is 0. The summed E-state index contributed by atoms with van der Waals surface area (Å²) in [6.07, 6.45) is 3.11. The second-order valence-corrected chi connectivity index (χ2v) is 2.77. The maximum absolute atomic E-state index is 11.5. The first-order chi connectivity index (χ1) is 6.75. The molecule has 0 aromatic carbocycles. The molecular formula is C8H9N5O. The topological polar surface area (TPSA) is 99.6 Å². The summed E-state index contributed by atoms with van der Waals surface area (Å²) in [5.41, 5.74) is 6.40. The number of rotatable bonds is 2. The molecule has 5 N–H and O–H groups in total. The van der Waals surface area contributed by atoms with Crippen LogP contribution in [0.1, 0.15) is 10.5 Å². The van der Waals surface area contributed by atoms with Crippen LogP contribution in [0, 0.1) is 0 Å². The van der Waals surface area contributed by atoms with Crippen LogP contribution < -0.4 is 11.1 Å². The number of nitrogens with zero attached hydrogens (tertiary/aromatic N) is 1. The van der Waals surface area contributed by atoms with Crippen molar-refractivity contribution in [2.75, 3.05) is 11.1 Å². The minimum absolute atomic E-state index is 0.258. The summed E-state index contributed by atoms with van der Waals surface area (Å²) >= 11 is 0. The van der Waals surface area contributed by atoms with Crippen molar-refractivity contribution in [3.8, 4) is 0 Å². The van der Waals surface area contributed by atoms with Crippen LogP contribution in [0.3, 0.4) is 0 Å². The SMILES string of the molecule is Nc1c[nH]c(C(=O)Nc2ccn[nH]2)c1. The van der Waals surface area contributed by atoms with E-state index in [-0.39, 0.29) is 5.91 Å². The number of aromatic nitrogens is 3. The second-order valence-electron chi connectivity index (χ2n) is 2.77. The van der Waals surface area contributed by atoms with Crippen LogP contribution in [0.2, 0.25) is 0 Å². The number of anilines is 2. The van der Waals surface area contributed by atoms with Gasteiger partial charge in [-0.3, -0.25) is 9.89 Å². The van der Waals surface area contributed by atoms with Crippen molar-refractivity contribution >= 4 is 17.4 Å². The largest absolute Gasteiger partial charge is 0.397 e. The molecule has 2 rings (SSSR count). The highest BCUT2D eigenvalue weighted by atomic mass is 16.1. The fourth-order valence-electron chi connectivity index (χ4n) is 1.06. The molecule has 14 heavy (non-hydrogen) atoms. The first kappa shape index (κ1) is 8.36. The van der Waals surface area contributed by atoms with E-state index >= 15 is 0 Å².